The monoisotopic (exact) mass is 225 g/mol. The van der Waals surface area contributed by atoms with E-state index in [4.69, 9.17) is 4.42 Å². The highest BCUT2D eigenvalue weighted by molar-refractivity contribution is 7.80. The smallest absolute Gasteiger partial charge is 0.220 e. The van der Waals surface area contributed by atoms with Crippen LogP contribution in [-0.2, 0) is 11.3 Å². The van der Waals surface area contributed by atoms with Crippen LogP contribution in [0.25, 0.3) is 0 Å². The minimum absolute atomic E-state index is 0.0953. The van der Waals surface area contributed by atoms with Gasteiger partial charge in [-0.2, -0.15) is 12.6 Å². The SMILES string of the molecule is O=C(CC1(CS)CC1)NCc1ccco1. The van der Waals surface area contributed by atoms with Crippen LogP contribution in [-0.4, -0.2) is 11.7 Å². The van der Waals surface area contributed by atoms with Crippen molar-refractivity contribution in [3.05, 3.63) is 24.2 Å². The molecule has 1 amide bonds. The van der Waals surface area contributed by atoms with Gasteiger partial charge in [0.2, 0.25) is 5.91 Å². The molecule has 1 aromatic heterocycles. The second-order valence-corrected chi connectivity index (χ2v) is 4.51. The predicted molar refractivity (Wildman–Crippen MR) is 60.7 cm³/mol. The summed E-state index contributed by atoms with van der Waals surface area (Å²) in [5, 5.41) is 2.85. The minimum atomic E-state index is 0.0953. The molecule has 0 atom stereocenters. The van der Waals surface area contributed by atoms with E-state index in [-0.39, 0.29) is 11.3 Å². The van der Waals surface area contributed by atoms with Crippen molar-refractivity contribution < 1.29 is 9.21 Å². The van der Waals surface area contributed by atoms with Gasteiger partial charge in [-0.15, -0.1) is 0 Å². The van der Waals surface area contributed by atoms with Gasteiger partial charge in [0.25, 0.3) is 0 Å². The Hall–Kier alpha value is -0.900. The van der Waals surface area contributed by atoms with Gasteiger partial charge in [-0.3, -0.25) is 4.79 Å². The molecular weight excluding hydrogens is 210 g/mol. The summed E-state index contributed by atoms with van der Waals surface area (Å²) in [4.78, 5) is 11.6. The Labute approximate surface area is 94.6 Å². The van der Waals surface area contributed by atoms with Crippen molar-refractivity contribution in [2.24, 2.45) is 5.41 Å². The zero-order valence-electron chi connectivity index (χ0n) is 8.53. The van der Waals surface area contributed by atoms with Crippen LogP contribution in [0.3, 0.4) is 0 Å². The maximum absolute atomic E-state index is 11.6. The predicted octanol–water partition coefficient (Wildman–Crippen LogP) is 2.00. The molecule has 15 heavy (non-hydrogen) atoms. The lowest BCUT2D eigenvalue weighted by molar-refractivity contribution is -0.122. The Morgan fingerprint density at radius 3 is 2.93 bits per heavy atom. The fourth-order valence-corrected chi connectivity index (χ4v) is 2.00. The van der Waals surface area contributed by atoms with Crippen molar-refractivity contribution in [2.45, 2.75) is 25.8 Å². The van der Waals surface area contributed by atoms with Gasteiger partial charge in [0.15, 0.2) is 0 Å². The number of rotatable bonds is 5. The third-order valence-electron chi connectivity index (χ3n) is 2.87. The zero-order valence-corrected chi connectivity index (χ0v) is 9.43. The van der Waals surface area contributed by atoms with Crippen LogP contribution in [0.15, 0.2) is 22.8 Å². The van der Waals surface area contributed by atoms with Crippen LogP contribution < -0.4 is 5.32 Å². The van der Waals surface area contributed by atoms with E-state index >= 15 is 0 Å². The molecule has 4 heteroatoms. The first-order valence-electron chi connectivity index (χ1n) is 5.14. The quantitative estimate of drug-likeness (QED) is 0.753. The second-order valence-electron chi connectivity index (χ2n) is 4.19. The van der Waals surface area contributed by atoms with Crippen LogP contribution in [0, 0.1) is 5.41 Å². The van der Waals surface area contributed by atoms with E-state index in [1.165, 1.54) is 0 Å². The van der Waals surface area contributed by atoms with Gasteiger partial charge in [-0.05, 0) is 36.1 Å². The van der Waals surface area contributed by atoms with Crippen LogP contribution in [0.2, 0.25) is 0 Å². The highest BCUT2D eigenvalue weighted by Crippen LogP contribution is 2.49. The van der Waals surface area contributed by atoms with E-state index < -0.39 is 0 Å². The van der Waals surface area contributed by atoms with E-state index in [0.717, 1.165) is 24.4 Å². The van der Waals surface area contributed by atoms with Gasteiger partial charge >= 0.3 is 0 Å². The molecule has 1 fully saturated rings. The maximum Gasteiger partial charge on any atom is 0.220 e. The van der Waals surface area contributed by atoms with Crippen molar-refractivity contribution in [2.75, 3.05) is 5.75 Å². The van der Waals surface area contributed by atoms with Crippen molar-refractivity contribution >= 4 is 18.5 Å². The third-order valence-corrected chi connectivity index (χ3v) is 3.54. The van der Waals surface area contributed by atoms with E-state index in [9.17, 15) is 4.79 Å². The molecule has 2 rings (SSSR count). The highest BCUT2D eigenvalue weighted by atomic mass is 32.1. The molecule has 0 aliphatic heterocycles. The summed E-state index contributed by atoms with van der Waals surface area (Å²) in [6.45, 7) is 0.481. The summed E-state index contributed by atoms with van der Waals surface area (Å²) in [6, 6.07) is 3.67. The highest BCUT2D eigenvalue weighted by Gasteiger charge is 2.42. The second kappa shape index (κ2) is 4.31. The maximum atomic E-state index is 11.6. The summed E-state index contributed by atoms with van der Waals surface area (Å²) in [7, 11) is 0. The molecule has 1 saturated carbocycles. The van der Waals surface area contributed by atoms with Gasteiger partial charge in [0, 0.05) is 6.42 Å². The molecule has 0 bridgehead atoms. The molecule has 1 aliphatic rings. The van der Waals surface area contributed by atoms with Crippen molar-refractivity contribution in [1.29, 1.82) is 0 Å². The van der Waals surface area contributed by atoms with Crippen molar-refractivity contribution in [3.63, 3.8) is 0 Å². The normalized spacial score (nSPS) is 17.4. The van der Waals surface area contributed by atoms with E-state index in [2.05, 4.69) is 17.9 Å². The molecule has 82 valence electrons. The van der Waals surface area contributed by atoms with E-state index in [1.54, 1.807) is 6.26 Å². The number of nitrogens with one attached hydrogen (secondary N) is 1. The summed E-state index contributed by atoms with van der Waals surface area (Å²) >= 11 is 4.27. The van der Waals surface area contributed by atoms with Gasteiger partial charge in [-0.1, -0.05) is 0 Å². The summed E-state index contributed by atoms with van der Waals surface area (Å²) < 4.78 is 5.13. The van der Waals surface area contributed by atoms with Gasteiger partial charge in [0.05, 0.1) is 12.8 Å². The molecule has 1 aromatic rings. The molecule has 0 radical (unpaired) electrons. The fraction of sp³-hybridized carbons (Fsp3) is 0.545. The average molecular weight is 225 g/mol. The standard InChI is InChI=1S/C11H15NO2S/c13-10(6-11(8-15)3-4-11)12-7-9-2-1-5-14-9/h1-2,5,15H,3-4,6-8H2,(H,12,13). The lowest BCUT2D eigenvalue weighted by Gasteiger charge is -2.10. The molecular formula is C11H15NO2S. The first-order chi connectivity index (χ1) is 7.24. The third kappa shape index (κ3) is 2.78. The topological polar surface area (TPSA) is 42.2 Å². The van der Waals surface area contributed by atoms with Gasteiger partial charge < -0.3 is 9.73 Å². The van der Waals surface area contributed by atoms with Gasteiger partial charge in [0.1, 0.15) is 5.76 Å². The van der Waals surface area contributed by atoms with Crippen LogP contribution >= 0.6 is 12.6 Å². The lowest BCUT2D eigenvalue weighted by Crippen LogP contribution is -2.26. The number of furan rings is 1. The number of hydrogen-bond acceptors (Lipinski definition) is 3. The largest absolute Gasteiger partial charge is 0.467 e. The first-order valence-corrected chi connectivity index (χ1v) is 5.77. The number of hydrogen-bond donors (Lipinski definition) is 2. The molecule has 3 nitrogen and oxygen atoms in total. The zero-order chi connectivity index (χ0) is 10.7. The van der Waals surface area contributed by atoms with Crippen LogP contribution in [0.4, 0.5) is 0 Å². The Morgan fingerprint density at radius 2 is 2.40 bits per heavy atom. The fourth-order valence-electron chi connectivity index (χ4n) is 1.57. The summed E-state index contributed by atoms with van der Waals surface area (Å²) in [6.07, 6.45) is 4.46. The van der Waals surface area contributed by atoms with E-state index in [1.807, 2.05) is 12.1 Å². The summed E-state index contributed by atoms with van der Waals surface area (Å²) in [5.74, 6) is 1.69. The molecule has 0 saturated heterocycles. The molecule has 0 unspecified atom stereocenters. The molecule has 1 heterocycles. The first kappa shape index (κ1) is 10.6. The van der Waals surface area contributed by atoms with Crippen molar-refractivity contribution in [1.82, 2.24) is 5.32 Å². The number of amides is 1. The number of thiol groups is 1. The number of carbonyl (C=O) groups is 1. The van der Waals surface area contributed by atoms with Crippen LogP contribution in [0.5, 0.6) is 0 Å². The summed E-state index contributed by atoms with van der Waals surface area (Å²) in [5.41, 5.74) is 0.191. The Bertz CT molecular complexity index is 330. The van der Waals surface area contributed by atoms with Crippen LogP contribution in [0.1, 0.15) is 25.0 Å². The van der Waals surface area contributed by atoms with E-state index in [0.29, 0.717) is 13.0 Å². The molecule has 1 N–H and O–H groups in total. The molecule has 0 spiro atoms. The minimum Gasteiger partial charge on any atom is -0.467 e. The van der Waals surface area contributed by atoms with Crippen molar-refractivity contribution in [3.8, 4) is 0 Å². The molecule has 0 aromatic carbocycles. The average Bonchev–Trinajstić information content (AvgIpc) is 2.80. The molecule has 1 aliphatic carbocycles. The Balaban J connectivity index is 1.73. The Kier molecular flexibility index (Phi) is 3.05. The number of carbonyl (C=O) groups excluding carboxylic acids is 1. The Morgan fingerprint density at radius 1 is 1.60 bits per heavy atom. The van der Waals surface area contributed by atoms with Gasteiger partial charge in [-0.25, -0.2) is 0 Å². The lowest BCUT2D eigenvalue weighted by atomic mass is 10.1.